The van der Waals surface area contributed by atoms with E-state index in [9.17, 15) is 4.79 Å². The van der Waals surface area contributed by atoms with Crippen LogP contribution in [0.5, 0.6) is 0 Å². The molecule has 0 saturated carbocycles. The average molecular weight is 284 g/mol. The van der Waals surface area contributed by atoms with Gasteiger partial charge in [-0.25, -0.2) is 0 Å². The van der Waals surface area contributed by atoms with Gasteiger partial charge < -0.3 is 4.65 Å². The fraction of sp³-hybridized carbons (Fsp3) is 0.500. The minimum absolute atomic E-state index is 0.287. The van der Waals surface area contributed by atoms with Crippen LogP contribution in [0.1, 0.15) is 68.3 Å². The average Bonchev–Trinajstić information content (AvgIpc) is 2.84. The lowest BCUT2D eigenvalue weighted by Gasteiger charge is -2.12. The molecule has 1 aromatic carbocycles. The van der Waals surface area contributed by atoms with Crippen LogP contribution in [0.4, 0.5) is 0 Å². The highest BCUT2D eigenvalue weighted by molar-refractivity contribution is 6.20. The molecule has 2 aliphatic carbocycles. The maximum Gasteiger partial charge on any atom is 0.257 e. The van der Waals surface area contributed by atoms with Crippen molar-refractivity contribution in [3.63, 3.8) is 0 Å². The zero-order valence-corrected chi connectivity index (χ0v) is 13.4. The Morgan fingerprint density at radius 3 is 2.14 bits per heavy atom. The predicted molar refractivity (Wildman–Crippen MR) is 90.2 cm³/mol. The maximum atomic E-state index is 12.0. The normalized spacial score (nSPS) is 16.4. The van der Waals surface area contributed by atoms with Gasteiger partial charge in [-0.05, 0) is 49.7 Å². The molecule has 0 spiro atoms. The summed E-state index contributed by atoms with van der Waals surface area (Å²) >= 11 is 0. The Balaban J connectivity index is 0.000000199. The third-order valence-electron chi connectivity index (χ3n) is 4.48. The van der Waals surface area contributed by atoms with Gasteiger partial charge in [0.25, 0.3) is 8.05 Å². The second-order valence-electron chi connectivity index (χ2n) is 5.71. The summed E-state index contributed by atoms with van der Waals surface area (Å²) in [6, 6.07) is 8.02. The van der Waals surface area contributed by atoms with E-state index in [2.05, 4.69) is 19.9 Å². The third-order valence-corrected chi connectivity index (χ3v) is 4.48. The first-order valence-corrected chi connectivity index (χ1v) is 8.11. The zero-order chi connectivity index (χ0) is 15.2. The molecule has 2 aliphatic rings. The van der Waals surface area contributed by atoms with Crippen molar-refractivity contribution in [3.8, 4) is 0 Å². The standard InChI is InChI=1S/C13H12O.C5H13BO/c14-13-11-7-3-1-5-9(11)10-6-2-4-8-12(10)13;1-3-5(4-2)7-6/h1,3,5,7H,2,4,6,8H2;5H,3-4,6H2,1-2H3. The molecule has 21 heavy (non-hydrogen) atoms. The van der Waals surface area contributed by atoms with Crippen LogP contribution >= 0.6 is 0 Å². The third kappa shape index (κ3) is 3.46. The van der Waals surface area contributed by atoms with Crippen molar-refractivity contribution in [1.82, 2.24) is 0 Å². The van der Waals surface area contributed by atoms with Crippen LogP contribution in [0.15, 0.2) is 29.8 Å². The number of hydrogen-bond donors (Lipinski definition) is 0. The predicted octanol–water partition coefficient (Wildman–Crippen LogP) is 3.95. The highest BCUT2D eigenvalue weighted by atomic mass is 16.4. The van der Waals surface area contributed by atoms with Gasteiger partial charge in [0.15, 0.2) is 5.78 Å². The van der Waals surface area contributed by atoms with E-state index in [4.69, 9.17) is 4.65 Å². The molecule has 0 unspecified atom stereocenters. The molecule has 0 N–H and O–H groups in total. The minimum Gasteiger partial charge on any atom is -0.441 e. The van der Waals surface area contributed by atoms with Crippen molar-refractivity contribution >= 4 is 19.4 Å². The van der Waals surface area contributed by atoms with E-state index in [0.29, 0.717) is 6.10 Å². The lowest BCUT2D eigenvalue weighted by atomic mass is 9.92. The first-order chi connectivity index (χ1) is 10.2. The highest BCUT2D eigenvalue weighted by Crippen LogP contribution is 2.40. The summed E-state index contributed by atoms with van der Waals surface area (Å²) in [5, 5.41) is 0. The van der Waals surface area contributed by atoms with Gasteiger partial charge in [-0.3, -0.25) is 4.79 Å². The van der Waals surface area contributed by atoms with E-state index in [1.165, 1.54) is 24.0 Å². The van der Waals surface area contributed by atoms with Gasteiger partial charge in [-0.1, -0.05) is 38.1 Å². The number of carbonyl (C=O) groups excluding carboxylic acids is 1. The second-order valence-corrected chi connectivity index (χ2v) is 5.71. The van der Waals surface area contributed by atoms with Gasteiger partial charge in [0.2, 0.25) is 0 Å². The largest absolute Gasteiger partial charge is 0.441 e. The van der Waals surface area contributed by atoms with Crippen molar-refractivity contribution in [3.05, 3.63) is 41.0 Å². The van der Waals surface area contributed by atoms with Crippen molar-refractivity contribution in [2.24, 2.45) is 0 Å². The van der Waals surface area contributed by atoms with Gasteiger partial charge >= 0.3 is 0 Å². The summed E-state index contributed by atoms with van der Waals surface area (Å²) in [6.45, 7) is 4.27. The molecule has 0 aromatic heterocycles. The minimum atomic E-state index is 0.287. The summed E-state index contributed by atoms with van der Waals surface area (Å²) in [7, 11) is 1.76. The van der Waals surface area contributed by atoms with Crippen molar-refractivity contribution < 1.29 is 9.45 Å². The second kappa shape index (κ2) is 7.60. The Hall–Kier alpha value is -1.35. The fourth-order valence-electron chi connectivity index (χ4n) is 3.18. The number of rotatable bonds is 3. The van der Waals surface area contributed by atoms with Crippen LogP contribution < -0.4 is 0 Å². The molecule has 112 valence electrons. The molecule has 2 nitrogen and oxygen atoms in total. The first kappa shape index (κ1) is 16.0. The molecule has 0 saturated heterocycles. The Labute approximate surface area is 129 Å². The van der Waals surface area contributed by atoms with E-state index in [-0.39, 0.29) is 5.78 Å². The van der Waals surface area contributed by atoms with Crippen molar-refractivity contribution in [1.29, 1.82) is 0 Å². The topological polar surface area (TPSA) is 26.3 Å². The number of Topliss-reactive ketones (excluding diaryl/α,β-unsaturated/α-hetero) is 1. The number of allylic oxidation sites excluding steroid dienone is 2. The summed E-state index contributed by atoms with van der Waals surface area (Å²) in [4.78, 5) is 12.0. The number of carbonyl (C=O) groups is 1. The number of fused-ring (bicyclic) bond motifs is 2. The Kier molecular flexibility index (Phi) is 5.80. The zero-order valence-electron chi connectivity index (χ0n) is 13.4. The van der Waals surface area contributed by atoms with Crippen LogP contribution in [0, 0.1) is 0 Å². The maximum absolute atomic E-state index is 12.0. The molecule has 1 aromatic rings. The molecule has 0 radical (unpaired) electrons. The molecule has 3 rings (SSSR count). The Morgan fingerprint density at radius 1 is 1.05 bits per heavy atom. The number of benzene rings is 1. The van der Waals surface area contributed by atoms with E-state index in [1.807, 2.05) is 18.2 Å². The summed E-state index contributed by atoms with van der Waals surface area (Å²) < 4.78 is 5.05. The molecule has 0 aliphatic heterocycles. The molecular formula is C18H25BO2. The summed E-state index contributed by atoms with van der Waals surface area (Å²) in [5.74, 6) is 0.287. The molecule has 0 heterocycles. The Morgan fingerprint density at radius 2 is 1.62 bits per heavy atom. The van der Waals surface area contributed by atoms with Gasteiger partial charge in [0, 0.05) is 17.2 Å². The van der Waals surface area contributed by atoms with Crippen molar-refractivity contribution in [2.45, 2.75) is 58.5 Å². The van der Waals surface area contributed by atoms with Gasteiger partial charge in [0.05, 0.1) is 0 Å². The van der Waals surface area contributed by atoms with E-state index in [1.54, 1.807) is 8.05 Å². The fourth-order valence-corrected chi connectivity index (χ4v) is 3.18. The summed E-state index contributed by atoms with van der Waals surface area (Å²) in [5.41, 5.74) is 4.56. The quantitative estimate of drug-likeness (QED) is 0.785. The lowest BCUT2D eigenvalue weighted by molar-refractivity contribution is 0.103. The van der Waals surface area contributed by atoms with E-state index in [0.717, 1.165) is 36.8 Å². The summed E-state index contributed by atoms with van der Waals surface area (Å²) in [6.07, 6.45) is 7.25. The van der Waals surface area contributed by atoms with Gasteiger partial charge in [-0.15, -0.1) is 0 Å². The lowest BCUT2D eigenvalue weighted by Crippen LogP contribution is -2.06. The molecule has 0 amide bonds. The van der Waals surface area contributed by atoms with Crippen LogP contribution in [-0.4, -0.2) is 19.9 Å². The number of ketones is 1. The molecule has 0 atom stereocenters. The van der Waals surface area contributed by atoms with Crippen LogP contribution in [0.25, 0.3) is 5.57 Å². The monoisotopic (exact) mass is 284 g/mol. The van der Waals surface area contributed by atoms with E-state index >= 15 is 0 Å². The first-order valence-electron chi connectivity index (χ1n) is 8.11. The molecule has 0 bridgehead atoms. The van der Waals surface area contributed by atoms with Crippen LogP contribution in [-0.2, 0) is 4.65 Å². The van der Waals surface area contributed by atoms with E-state index < -0.39 is 0 Å². The molecular weight excluding hydrogens is 259 g/mol. The smallest absolute Gasteiger partial charge is 0.257 e. The van der Waals surface area contributed by atoms with Crippen LogP contribution in [0.3, 0.4) is 0 Å². The molecule has 3 heteroatoms. The Bertz CT molecular complexity index is 524. The van der Waals surface area contributed by atoms with Gasteiger partial charge in [0.1, 0.15) is 0 Å². The highest BCUT2D eigenvalue weighted by Gasteiger charge is 2.29. The van der Waals surface area contributed by atoms with Crippen molar-refractivity contribution in [2.75, 3.05) is 0 Å². The molecule has 0 fully saturated rings. The van der Waals surface area contributed by atoms with Crippen LogP contribution in [0.2, 0.25) is 0 Å². The SMILES string of the molecule is BOC(CC)CC.O=C1C2=C(CCCC2)c2ccccc21. The van der Waals surface area contributed by atoms with Gasteiger partial charge in [-0.2, -0.15) is 0 Å². The number of hydrogen-bond acceptors (Lipinski definition) is 2.